The Bertz CT molecular complexity index is 349. The van der Waals surface area contributed by atoms with Gasteiger partial charge in [0, 0.05) is 0 Å². The number of carboxylic acid groups (broad SMARTS) is 2. The molecule has 100 valence electrons. The zero-order valence-electron chi connectivity index (χ0n) is 10.6. The van der Waals surface area contributed by atoms with Gasteiger partial charge in [0.15, 0.2) is 0 Å². The molecule has 1 fully saturated rings. The van der Waals surface area contributed by atoms with Crippen LogP contribution in [-0.4, -0.2) is 23.5 Å². The lowest BCUT2D eigenvalue weighted by molar-refractivity contribution is 0.137. The maximum Gasteiger partial charge on any atom is 0.503 e. The molecule has 0 aromatic heterocycles. The Kier molecular flexibility index (Phi) is 6.05. The molecule has 0 amide bonds. The molecule has 0 unspecified atom stereocenters. The number of ether oxygens (including phenoxy) is 1. The third-order valence-electron chi connectivity index (χ3n) is 3.19. The van der Waals surface area contributed by atoms with Crippen molar-refractivity contribution in [1.82, 2.24) is 0 Å². The van der Waals surface area contributed by atoms with Gasteiger partial charge >= 0.3 is 6.16 Å². The highest BCUT2D eigenvalue weighted by Crippen LogP contribution is 2.33. The number of methoxy groups -OCH3 is 1. The first-order chi connectivity index (χ1) is 8.63. The molecule has 4 heteroatoms. The van der Waals surface area contributed by atoms with Gasteiger partial charge in [0.2, 0.25) is 0 Å². The molecule has 1 aliphatic rings. The average Bonchev–Trinajstić information content (AvgIpc) is 2.39. The topological polar surface area (TPSA) is 66.8 Å². The summed E-state index contributed by atoms with van der Waals surface area (Å²) in [7, 11) is 1.72. The number of hydrogen-bond donors (Lipinski definition) is 2. The maximum atomic E-state index is 8.56. The number of benzene rings is 1. The van der Waals surface area contributed by atoms with Crippen molar-refractivity contribution in [3.8, 4) is 5.75 Å². The normalized spacial score (nSPS) is 15.4. The molecular weight excluding hydrogens is 232 g/mol. The summed E-state index contributed by atoms with van der Waals surface area (Å²) in [5, 5.41) is 13.9. The summed E-state index contributed by atoms with van der Waals surface area (Å²) in [6.45, 7) is 0. The van der Waals surface area contributed by atoms with Crippen LogP contribution in [0, 0.1) is 0 Å². The molecule has 0 aliphatic heterocycles. The second-order valence-corrected chi connectivity index (χ2v) is 4.39. The summed E-state index contributed by atoms with van der Waals surface area (Å²) in [6.07, 6.45) is 5.12. The van der Waals surface area contributed by atoms with Crippen molar-refractivity contribution < 1.29 is 19.7 Å². The first kappa shape index (κ1) is 14.4. The number of rotatable bonds is 2. The van der Waals surface area contributed by atoms with Crippen LogP contribution in [0.2, 0.25) is 0 Å². The van der Waals surface area contributed by atoms with E-state index in [2.05, 4.69) is 24.3 Å². The Morgan fingerprint density at radius 2 is 1.61 bits per heavy atom. The standard InChI is InChI=1S/C13H18O.CH2O3/c1-14-13-9-7-12(8-10-13)11-5-3-2-4-6-11;2-1(3)4/h7-11H,2-6H2,1H3;(H2,2,3,4). The molecule has 0 bridgehead atoms. The van der Waals surface area contributed by atoms with E-state index < -0.39 is 6.16 Å². The molecule has 0 heterocycles. The SMILES string of the molecule is COc1ccc(C2CCCCC2)cc1.O=C(O)O. The van der Waals surface area contributed by atoms with Crippen LogP contribution in [0.3, 0.4) is 0 Å². The monoisotopic (exact) mass is 252 g/mol. The van der Waals surface area contributed by atoms with Crippen LogP contribution in [-0.2, 0) is 0 Å². The highest BCUT2D eigenvalue weighted by Gasteiger charge is 2.14. The van der Waals surface area contributed by atoms with E-state index in [0.29, 0.717) is 0 Å². The van der Waals surface area contributed by atoms with Crippen LogP contribution in [0.1, 0.15) is 43.6 Å². The third kappa shape index (κ3) is 5.08. The minimum atomic E-state index is -1.83. The summed E-state index contributed by atoms with van der Waals surface area (Å²) in [5.41, 5.74) is 1.49. The van der Waals surface area contributed by atoms with Gasteiger partial charge in [-0.2, -0.15) is 0 Å². The first-order valence-electron chi connectivity index (χ1n) is 6.19. The molecule has 1 aromatic rings. The van der Waals surface area contributed by atoms with Crippen LogP contribution < -0.4 is 4.74 Å². The third-order valence-corrected chi connectivity index (χ3v) is 3.19. The van der Waals surface area contributed by atoms with Crippen LogP contribution >= 0.6 is 0 Å². The molecule has 18 heavy (non-hydrogen) atoms. The Labute approximate surface area is 107 Å². The van der Waals surface area contributed by atoms with Crippen LogP contribution in [0.25, 0.3) is 0 Å². The van der Waals surface area contributed by atoms with Crippen LogP contribution in [0.15, 0.2) is 24.3 Å². The summed E-state index contributed by atoms with van der Waals surface area (Å²) in [6, 6.07) is 8.58. The van der Waals surface area contributed by atoms with Crippen molar-refractivity contribution in [2.24, 2.45) is 0 Å². The van der Waals surface area contributed by atoms with Gasteiger partial charge in [0.25, 0.3) is 0 Å². The molecule has 1 saturated carbocycles. The van der Waals surface area contributed by atoms with Gasteiger partial charge < -0.3 is 14.9 Å². The lowest BCUT2D eigenvalue weighted by Crippen LogP contribution is -2.04. The highest BCUT2D eigenvalue weighted by atomic mass is 16.6. The van der Waals surface area contributed by atoms with Crippen molar-refractivity contribution in [2.75, 3.05) is 7.11 Å². The highest BCUT2D eigenvalue weighted by molar-refractivity contribution is 5.53. The first-order valence-corrected chi connectivity index (χ1v) is 6.19. The Balaban J connectivity index is 0.000000357. The van der Waals surface area contributed by atoms with E-state index in [4.69, 9.17) is 19.7 Å². The predicted molar refractivity (Wildman–Crippen MR) is 69.5 cm³/mol. The van der Waals surface area contributed by atoms with Crippen molar-refractivity contribution in [1.29, 1.82) is 0 Å². The smallest absolute Gasteiger partial charge is 0.497 e. The Hall–Kier alpha value is -1.71. The fourth-order valence-corrected chi connectivity index (χ4v) is 2.31. The molecule has 1 aromatic carbocycles. The van der Waals surface area contributed by atoms with Crippen LogP contribution in [0.4, 0.5) is 4.79 Å². The van der Waals surface area contributed by atoms with Gasteiger partial charge in [-0.25, -0.2) is 4.79 Å². The molecular formula is C14H20O4. The lowest BCUT2D eigenvalue weighted by atomic mass is 9.84. The molecule has 0 spiro atoms. The molecule has 0 saturated heterocycles. The second-order valence-electron chi connectivity index (χ2n) is 4.39. The van der Waals surface area contributed by atoms with Crippen LogP contribution in [0.5, 0.6) is 5.75 Å². The zero-order valence-corrected chi connectivity index (χ0v) is 10.6. The van der Waals surface area contributed by atoms with E-state index in [1.165, 1.54) is 37.7 Å². The van der Waals surface area contributed by atoms with Crippen molar-refractivity contribution in [2.45, 2.75) is 38.0 Å². The maximum absolute atomic E-state index is 8.56. The van der Waals surface area contributed by atoms with E-state index in [9.17, 15) is 0 Å². The summed E-state index contributed by atoms with van der Waals surface area (Å²) in [4.78, 5) is 8.56. The van der Waals surface area contributed by atoms with E-state index in [0.717, 1.165) is 11.7 Å². The summed E-state index contributed by atoms with van der Waals surface area (Å²) in [5.74, 6) is 1.76. The van der Waals surface area contributed by atoms with Gasteiger partial charge in [-0.3, -0.25) is 0 Å². The Morgan fingerprint density at radius 1 is 1.11 bits per heavy atom. The minimum Gasteiger partial charge on any atom is -0.497 e. The predicted octanol–water partition coefficient (Wildman–Crippen LogP) is 3.97. The summed E-state index contributed by atoms with van der Waals surface area (Å²) < 4.78 is 5.16. The fourth-order valence-electron chi connectivity index (χ4n) is 2.31. The molecule has 2 N–H and O–H groups in total. The van der Waals surface area contributed by atoms with Crippen molar-refractivity contribution in [3.05, 3.63) is 29.8 Å². The number of carbonyl (C=O) groups is 1. The van der Waals surface area contributed by atoms with Gasteiger partial charge in [-0.15, -0.1) is 0 Å². The zero-order chi connectivity index (χ0) is 13.4. The molecule has 1 aliphatic carbocycles. The summed E-state index contributed by atoms with van der Waals surface area (Å²) >= 11 is 0. The lowest BCUT2D eigenvalue weighted by Gasteiger charge is -2.21. The van der Waals surface area contributed by atoms with E-state index in [1.807, 2.05) is 0 Å². The molecule has 2 rings (SSSR count). The molecule has 4 nitrogen and oxygen atoms in total. The quantitative estimate of drug-likeness (QED) is 0.835. The minimum absolute atomic E-state index is 0.801. The van der Waals surface area contributed by atoms with Crippen molar-refractivity contribution in [3.63, 3.8) is 0 Å². The van der Waals surface area contributed by atoms with E-state index in [1.54, 1.807) is 7.11 Å². The Morgan fingerprint density at radius 3 is 2.06 bits per heavy atom. The largest absolute Gasteiger partial charge is 0.503 e. The van der Waals surface area contributed by atoms with Gasteiger partial charge in [-0.1, -0.05) is 31.4 Å². The van der Waals surface area contributed by atoms with Gasteiger partial charge in [0.1, 0.15) is 5.75 Å². The second kappa shape index (κ2) is 7.58. The van der Waals surface area contributed by atoms with Crippen molar-refractivity contribution >= 4 is 6.16 Å². The molecule has 0 radical (unpaired) electrons. The van der Waals surface area contributed by atoms with E-state index >= 15 is 0 Å². The van der Waals surface area contributed by atoms with E-state index in [-0.39, 0.29) is 0 Å². The van der Waals surface area contributed by atoms with Gasteiger partial charge in [-0.05, 0) is 36.5 Å². The number of hydrogen-bond acceptors (Lipinski definition) is 2. The fraction of sp³-hybridized carbons (Fsp3) is 0.500. The average molecular weight is 252 g/mol. The van der Waals surface area contributed by atoms with Gasteiger partial charge in [0.05, 0.1) is 7.11 Å². The molecule has 0 atom stereocenters.